The second-order valence-corrected chi connectivity index (χ2v) is 7.69. The zero-order valence-corrected chi connectivity index (χ0v) is 16.2. The average molecular weight is 392 g/mol. The van der Waals surface area contributed by atoms with Crippen LogP contribution in [0.4, 0.5) is 13.2 Å². The Morgan fingerprint density at radius 1 is 0.821 bits per heavy atom. The van der Waals surface area contributed by atoms with Gasteiger partial charge in [-0.1, -0.05) is 6.07 Å². The molecule has 0 unspecified atom stereocenters. The SMILES string of the molecule is Cc1cc(C)c2c(c1)OCN(CN1COc3cc(C)cc(C(F)(F)F)c3C1)C2. The summed E-state index contributed by atoms with van der Waals surface area (Å²) in [7, 11) is 0. The summed E-state index contributed by atoms with van der Waals surface area (Å²) in [5.41, 5.74) is 3.58. The molecule has 0 aromatic heterocycles. The lowest BCUT2D eigenvalue weighted by atomic mass is 10.0. The van der Waals surface area contributed by atoms with Crippen molar-refractivity contribution in [3.8, 4) is 11.5 Å². The molecular formula is C21H23F3N2O2. The van der Waals surface area contributed by atoms with Gasteiger partial charge in [0.05, 0.1) is 12.2 Å². The Kier molecular flexibility index (Phi) is 4.75. The summed E-state index contributed by atoms with van der Waals surface area (Å²) >= 11 is 0. The summed E-state index contributed by atoms with van der Waals surface area (Å²) in [4.78, 5) is 3.94. The van der Waals surface area contributed by atoms with Gasteiger partial charge in [0.15, 0.2) is 0 Å². The van der Waals surface area contributed by atoms with Gasteiger partial charge in [0, 0.05) is 24.2 Å². The maximum atomic E-state index is 13.5. The highest BCUT2D eigenvalue weighted by Gasteiger charge is 2.37. The topological polar surface area (TPSA) is 24.9 Å². The molecule has 4 rings (SSSR count). The molecule has 0 saturated heterocycles. The number of benzene rings is 2. The smallest absolute Gasteiger partial charge is 0.416 e. The van der Waals surface area contributed by atoms with Gasteiger partial charge < -0.3 is 9.47 Å². The number of ether oxygens (including phenoxy) is 2. The highest BCUT2D eigenvalue weighted by atomic mass is 19.4. The summed E-state index contributed by atoms with van der Waals surface area (Å²) < 4.78 is 52.0. The third kappa shape index (κ3) is 3.69. The molecular weight excluding hydrogens is 369 g/mol. The summed E-state index contributed by atoms with van der Waals surface area (Å²) in [6.07, 6.45) is -4.40. The van der Waals surface area contributed by atoms with Crippen LogP contribution in [0.25, 0.3) is 0 Å². The molecule has 0 radical (unpaired) electrons. The molecule has 0 atom stereocenters. The van der Waals surface area contributed by atoms with Crippen LogP contribution in [-0.2, 0) is 19.3 Å². The van der Waals surface area contributed by atoms with Crippen LogP contribution in [-0.4, -0.2) is 29.9 Å². The number of alkyl halides is 3. The van der Waals surface area contributed by atoms with E-state index >= 15 is 0 Å². The summed E-state index contributed by atoms with van der Waals surface area (Å²) in [6.45, 7) is 7.76. The van der Waals surface area contributed by atoms with E-state index in [1.807, 2.05) is 17.9 Å². The van der Waals surface area contributed by atoms with Gasteiger partial charge >= 0.3 is 6.18 Å². The van der Waals surface area contributed by atoms with Crippen LogP contribution >= 0.6 is 0 Å². The fourth-order valence-corrected chi connectivity index (χ4v) is 3.94. The number of hydrogen-bond donors (Lipinski definition) is 0. The van der Waals surface area contributed by atoms with Crippen molar-refractivity contribution in [2.75, 3.05) is 20.1 Å². The third-order valence-electron chi connectivity index (χ3n) is 5.20. The van der Waals surface area contributed by atoms with Crippen molar-refractivity contribution in [3.05, 3.63) is 57.6 Å². The molecule has 150 valence electrons. The van der Waals surface area contributed by atoms with Crippen molar-refractivity contribution in [1.82, 2.24) is 9.80 Å². The molecule has 2 aliphatic rings. The van der Waals surface area contributed by atoms with E-state index in [0.717, 1.165) is 22.4 Å². The second kappa shape index (κ2) is 6.97. The molecule has 4 nitrogen and oxygen atoms in total. The molecule has 2 aliphatic heterocycles. The van der Waals surface area contributed by atoms with Gasteiger partial charge in [-0.05, 0) is 55.7 Å². The lowest BCUT2D eigenvalue weighted by Crippen LogP contribution is -2.44. The molecule has 0 aliphatic carbocycles. The van der Waals surface area contributed by atoms with Crippen LogP contribution in [0.15, 0.2) is 24.3 Å². The number of hydrogen-bond acceptors (Lipinski definition) is 4. The molecule has 0 bridgehead atoms. The minimum Gasteiger partial charge on any atom is -0.478 e. The second-order valence-electron chi connectivity index (χ2n) is 7.69. The van der Waals surface area contributed by atoms with Crippen LogP contribution in [0.2, 0.25) is 0 Å². The fourth-order valence-electron chi connectivity index (χ4n) is 3.94. The van der Waals surface area contributed by atoms with Gasteiger partial charge in [-0.25, -0.2) is 0 Å². The van der Waals surface area contributed by atoms with E-state index in [1.54, 1.807) is 13.0 Å². The van der Waals surface area contributed by atoms with Crippen LogP contribution in [0, 0.1) is 20.8 Å². The average Bonchev–Trinajstić information content (AvgIpc) is 2.61. The van der Waals surface area contributed by atoms with Crippen molar-refractivity contribution >= 4 is 0 Å². The fraction of sp³-hybridized carbons (Fsp3) is 0.429. The standard InChI is InChI=1S/C21H23F3N2O2/c1-13-4-15(3)16-8-25(11-27-19(16)6-13)10-26-9-17-18(21(22,23)24)5-14(2)7-20(17)28-12-26/h4-7H,8-12H2,1-3H3. The Morgan fingerprint density at radius 2 is 1.36 bits per heavy atom. The molecule has 7 heteroatoms. The van der Waals surface area contributed by atoms with Crippen LogP contribution in [0.5, 0.6) is 11.5 Å². The largest absolute Gasteiger partial charge is 0.478 e. The minimum atomic E-state index is -4.40. The first kappa shape index (κ1) is 19.1. The maximum Gasteiger partial charge on any atom is 0.416 e. The first-order valence-electron chi connectivity index (χ1n) is 9.22. The van der Waals surface area contributed by atoms with Gasteiger partial charge in [0.25, 0.3) is 0 Å². The molecule has 0 spiro atoms. The molecule has 2 aromatic rings. The highest BCUT2D eigenvalue weighted by Crippen LogP contribution is 2.39. The molecule has 2 aromatic carbocycles. The Labute approximate surface area is 162 Å². The van der Waals surface area contributed by atoms with Crippen LogP contribution in [0.3, 0.4) is 0 Å². The maximum absolute atomic E-state index is 13.5. The first-order valence-corrected chi connectivity index (χ1v) is 9.22. The molecule has 0 N–H and O–H groups in total. The number of fused-ring (bicyclic) bond motifs is 2. The monoisotopic (exact) mass is 392 g/mol. The van der Waals surface area contributed by atoms with E-state index in [4.69, 9.17) is 9.47 Å². The first-order chi connectivity index (χ1) is 13.2. The number of halogens is 3. The van der Waals surface area contributed by atoms with Gasteiger partial charge in [-0.3, -0.25) is 9.80 Å². The quantitative estimate of drug-likeness (QED) is 0.746. The summed E-state index contributed by atoms with van der Waals surface area (Å²) in [5, 5.41) is 0. The predicted octanol–water partition coefficient (Wildman–Crippen LogP) is 4.59. The van der Waals surface area contributed by atoms with E-state index < -0.39 is 11.7 Å². The summed E-state index contributed by atoms with van der Waals surface area (Å²) in [6, 6.07) is 7.01. The zero-order valence-electron chi connectivity index (χ0n) is 16.2. The Hall–Kier alpha value is -2.25. The molecule has 0 saturated carbocycles. The van der Waals surface area contributed by atoms with Gasteiger partial charge in [-0.15, -0.1) is 0 Å². The van der Waals surface area contributed by atoms with Crippen molar-refractivity contribution < 1.29 is 22.6 Å². The van der Waals surface area contributed by atoms with E-state index in [1.165, 1.54) is 6.07 Å². The van der Waals surface area contributed by atoms with Crippen LogP contribution in [0.1, 0.15) is 33.4 Å². The number of nitrogens with zero attached hydrogens (tertiary/aromatic N) is 2. The molecule has 28 heavy (non-hydrogen) atoms. The van der Waals surface area contributed by atoms with Crippen molar-refractivity contribution in [2.45, 2.75) is 40.0 Å². The zero-order chi connectivity index (χ0) is 20.1. The molecule has 2 heterocycles. The Bertz CT molecular complexity index is 911. The van der Waals surface area contributed by atoms with Gasteiger partial charge in [0.1, 0.15) is 25.0 Å². The van der Waals surface area contributed by atoms with Crippen molar-refractivity contribution in [2.24, 2.45) is 0 Å². The van der Waals surface area contributed by atoms with E-state index in [-0.39, 0.29) is 18.8 Å². The normalized spacial score (nSPS) is 17.5. The summed E-state index contributed by atoms with van der Waals surface area (Å²) in [5.74, 6) is 1.22. The van der Waals surface area contributed by atoms with Crippen LogP contribution < -0.4 is 9.47 Å². The van der Waals surface area contributed by atoms with Crippen molar-refractivity contribution in [1.29, 1.82) is 0 Å². The minimum absolute atomic E-state index is 0.195. The van der Waals surface area contributed by atoms with E-state index in [9.17, 15) is 13.2 Å². The lowest BCUT2D eigenvalue weighted by Gasteiger charge is -2.37. The molecule has 0 fully saturated rings. The number of aryl methyl sites for hydroxylation is 3. The van der Waals surface area contributed by atoms with Gasteiger partial charge in [0.2, 0.25) is 0 Å². The Balaban J connectivity index is 1.52. The third-order valence-corrected chi connectivity index (χ3v) is 5.20. The van der Waals surface area contributed by atoms with Crippen molar-refractivity contribution in [3.63, 3.8) is 0 Å². The molecule has 0 amide bonds. The predicted molar refractivity (Wildman–Crippen MR) is 99.0 cm³/mol. The van der Waals surface area contributed by atoms with Gasteiger partial charge in [-0.2, -0.15) is 13.2 Å². The van der Waals surface area contributed by atoms with E-state index in [0.29, 0.717) is 31.3 Å². The lowest BCUT2D eigenvalue weighted by molar-refractivity contribution is -0.139. The highest BCUT2D eigenvalue weighted by molar-refractivity contribution is 5.46. The number of rotatable bonds is 2. The Morgan fingerprint density at radius 3 is 1.96 bits per heavy atom. The van der Waals surface area contributed by atoms with E-state index in [2.05, 4.69) is 17.9 Å².